The first-order chi connectivity index (χ1) is 7.69. The van der Waals surface area contributed by atoms with Gasteiger partial charge in [0.05, 0.1) is 8.66 Å². The fourth-order valence-electron chi connectivity index (χ4n) is 1.34. The predicted molar refractivity (Wildman–Crippen MR) is 68.6 cm³/mol. The van der Waals surface area contributed by atoms with Crippen molar-refractivity contribution in [3.63, 3.8) is 0 Å². The summed E-state index contributed by atoms with van der Waals surface area (Å²) in [5.41, 5.74) is 6.03. The van der Waals surface area contributed by atoms with E-state index in [4.69, 9.17) is 5.73 Å². The van der Waals surface area contributed by atoms with Gasteiger partial charge < -0.3 is 10.7 Å². The average molecular weight is 300 g/mol. The summed E-state index contributed by atoms with van der Waals surface area (Å²) in [6.45, 7) is 0.490. The summed E-state index contributed by atoms with van der Waals surface area (Å²) in [5, 5.41) is 0. The number of rotatable bonds is 3. The fourth-order valence-corrected chi connectivity index (χ4v) is 2.67. The third kappa shape index (κ3) is 2.58. The van der Waals surface area contributed by atoms with E-state index in [1.165, 1.54) is 17.4 Å². The van der Waals surface area contributed by atoms with Crippen molar-refractivity contribution >= 4 is 27.3 Å². The van der Waals surface area contributed by atoms with Crippen molar-refractivity contribution in [1.29, 1.82) is 0 Å². The van der Waals surface area contributed by atoms with Crippen molar-refractivity contribution in [2.24, 2.45) is 5.73 Å². The highest BCUT2D eigenvalue weighted by Gasteiger charge is 2.06. The number of nitrogens with one attached hydrogen (secondary N) is 1. The molecule has 0 aliphatic carbocycles. The van der Waals surface area contributed by atoms with Crippen LogP contribution in [0, 0.1) is 0 Å². The summed E-state index contributed by atoms with van der Waals surface area (Å²) in [6.07, 6.45) is 0.615. The van der Waals surface area contributed by atoms with Crippen molar-refractivity contribution in [2.45, 2.75) is 6.42 Å². The summed E-state index contributed by atoms with van der Waals surface area (Å²) in [6, 6.07) is 5.33. The first-order valence-electron chi connectivity index (χ1n) is 4.75. The molecule has 0 saturated heterocycles. The van der Waals surface area contributed by atoms with Gasteiger partial charge in [-0.25, -0.2) is 4.98 Å². The van der Waals surface area contributed by atoms with Crippen LogP contribution in [0.2, 0.25) is 0 Å². The van der Waals surface area contributed by atoms with Crippen molar-refractivity contribution in [1.82, 2.24) is 9.97 Å². The van der Waals surface area contributed by atoms with Crippen molar-refractivity contribution < 1.29 is 0 Å². The quantitative estimate of drug-likeness (QED) is 0.907. The Labute approximate surface area is 105 Å². The molecule has 0 amide bonds. The molecule has 0 aromatic carbocycles. The van der Waals surface area contributed by atoms with E-state index in [1.54, 1.807) is 0 Å². The van der Waals surface area contributed by atoms with E-state index in [9.17, 15) is 4.79 Å². The Morgan fingerprint density at radius 1 is 1.50 bits per heavy atom. The first-order valence-corrected chi connectivity index (χ1v) is 6.36. The zero-order valence-electron chi connectivity index (χ0n) is 8.37. The molecule has 84 valence electrons. The summed E-state index contributed by atoms with van der Waals surface area (Å²) in [7, 11) is 0. The molecule has 0 atom stereocenters. The van der Waals surface area contributed by atoms with Gasteiger partial charge in [0.1, 0.15) is 0 Å². The standard InChI is InChI=1S/C10H10BrN3OS/c11-8-2-1-7(16-8)10-13-6(3-4-12)5-9(15)14-10/h1-2,5H,3-4,12H2,(H,13,14,15). The van der Waals surface area contributed by atoms with Crippen LogP contribution < -0.4 is 11.3 Å². The fraction of sp³-hybridized carbons (Fsp3) is 0.200. The molecule has 3 N–H and O–H groups in total. The normalized spacial score (nSPS) is 10.6. The maximum atomic E-state index is 11.4. The Morgan fingerprint density at radius 2 is 2.31 bits per heavy atom. The second-order valence-electron chi connectivity index (χ2n) is 3.23. The molecule has 0 saturated carbocycles. The summed E-state index contributed by atoms with van der Waals surface area (Å²) in [4.78, 5) is 19.4. The largest absolute Gasteiger partial charge is 0.330 e. The van der Waals surface area contributed by atoms with Crippen LogP contribution in [0.1, 0.15) is 5.69 Å². The van der Waals surface area contributed by atoms with E-state index >= 15 is 0 Å². The minimum absolute atomic E-state index is 0.141. The van der Waals surface area contributed by atoms with E-state index < -0.39 is 0 Å². The van der Waals surface area contributed by atoms with Crippen LogP contribution in [-0.2, 0) is 6.42 Å². The lowest BCUT2D eigenvalue weighted by atomic mass is 10.3. The number of aromatic nitrogens is 2. The second kappa shape index (κ2) is 4.90. The van der Waals surface area contributed by atoms with Crippen LogP contribution in [0.25, 0.3) is 10.7 Å². The molecule has 0 fully saturated rings. The molecule has 4 nitrogen and oxygen atoms in total. The monoisotopic (exact) mass is 299 g/mol. The van der Waals surface area contributed by atoms with Crippen molar-refractivity contribution in [2.75, 3.05) is 6.54 Å². The first kappa shape index (κ1) is 11.5. The van der Waals surface area contributed by atoms with Crippen LogP contribution >= 0.6 is 27.3 Å². The molecular weight excluding hydrogens is 290 g/mol. The number of H-pyrrole nitrogens is 1. The Balaban J connectivity index is 2.44. The third-order valence-electron chi connectivity index (χ3n) is 2.00. The number of halogens is 1. The molecule has 0 radical (unpaired) electrons. The molecule has 2 rings (SSSR count). The van der Waals surface area contributed by atoms with Crippen LogP contribution in [0.5, 0.6) is 0 Å². The number of hydrogen-bond acceptors (Lipinski definition) is 4. The van der Waals surface area contributed by atoms with Gasteiger partial charge in [0.25, 0.3) is 5.56 Å². The van der Waals surface area contributed by atoms with Gasteiger partial charge in [0.2, 0.25) is 0 Å². The van der Waals surface area contributed by atoms with E-state index in [1.807, 2.05) is 12.1 Å². The molecular formula is C10H10BrN3OS. The Kier molecular flexibility index (Phi) is 3.52. The van der Waals surface area contributed by atoms with E-state index in [0.29, 0.717) is 18.8 Å². The Bertz CT molecular complexity index is 549. The number of nitrogens with zero attached hydrogens (tertiary/aromatic N) is 1. The third-order valence-corrected chi connectivity index (χ3v) is 3.63. The minimum atomic E-state index is -0.141. The predicted octanol–water partition coefficient (Wildman–Crippen LogP) is 1.76. The smallest absolute Gasteiger partial charge is 0.251 e. The molecule has 0 bridgehead atoms. The Morgan fingerprint density at radius 3 is 2.94 bits per heavy atom. The highest BCUT2D eigenvalue weighted by Crippen LogP contribution is 2.28. The molecule has 0 unspecified atom stereocenters. The second-order valence-corrected chi connectivity index (χ2v) is 5.69. The maximum absolute atomic E-state index is 11.4. The minimum Gasteiger partial charge on any atom is -0.330 e. The summed E-state index contributed by atoms with van der Waals surface area (Å²) < 4.78 is 1.01. The summed E-state index contributed by atoms with van der Waals surface area (Å²) >= 11 is 4.91. The van der Waals surface area contributed by atoms with Gasteiger partial charge >= 0.3 is 0 Å². The van der Waals surface area contributed by atoms with Gasteiger partial charge in [-0.1, -0.05) is 0 Å². The molecule has 2 aromatic heterocycles. The molecule has 0 aliphatic rings. The molecule has 2 aromatic rings. The highest BCUT2D eigenvalue weighted by atomic mass is 79.9. The highest BCUT2D eigenvalue weighted by molar-refractivity contribution is 9.11. The van der Waals surface area contributed by atoms with Gasteiger partial charge in [0, 0.05) is 18.2 Å². The van der Waals surface area contributed by atoms with Crippen LogP contribution in [0.4, 0.5) is 0 Å². The number of nitrogens with two attached hydrogens (primary N) is 1. The lowest BCUT2D eigenvalue weighted by Crippen LogP contribution is -2.13. The van der Waals surface area contributed by atoms with Gasteiger partial charge in [-0.2, -0.15) is 0 Å². The lowest BCUT2D eigenvalue weighted by Gasteiger charge is -2.00. The molecule has 16 heavy (non-hydrogen) atoms. The number of hydrogen-bond donors (Lipinski definition) is 2. The summed E-state index contributed by atoms with van der Waals surface area (Å²) in [5.74, 6) is 0.603. The van der Waals surface area contributed by atoms with E-state index in [2.05, 4.69) is 25.9 Å². The van der Waals surface area contributed by atoms with Crippen molar-refractivity contribution in [3.05, 3.63) is 38.0 Å². The lowest BCUT2D eigenvalue weighted by molar-refractivity contribution is 0.907. The Hall–Kier alpha value is -0.980. The number of thiophene rings is 1. The van der Waals surface area contributed by atoms with Gasteiger partial charge in [-0.05, 0) is 34.6 Å². The zero-order valence-corrected chi connectivity index (χ0v) is 10.8. The molecule has 6 heteroatoms. The number of aromatic amines is 1. The molecule has 0 spiro atoms. The zero-order chi connectivity index (χ0) is 11.5. The molecule has 2 heterocycles. The van der Waals surface area contributed by atoms with Crippen LogP contribution in [0.3, 0.4) is 0 Å². The van der Waals surface area contributed by atoms with Gasteiger partial charge in [-0.3, -0.25) is 4.79 Å². The van der Waals surface area contributed by atoms with E-state index in [-0.39, 0.29) is 5.56 Å². The average Bonchev–Trinajstić information content (AvgIpc) is 2.64. The van der Waals surface area contributed by atoms with Gasteiger partial charge in [-0.15, -0.1) is 11.3 Å². The maximum Gasteiger partial charge on any atom is 0.251 e. The van der Waals surface area contributed by atoms with Crippen molar-refractivity contribution in [3.8, 4) is 10.7 Å². The molecule has 0 aliphatic heterocycles. The van der Waals surface area contributed by atoms with Crippen LogP contribution in [-0.4, -0.2) is 16.5 Å². The SMILES string of the molecule is NCCc1cc(=O)[nH]c(-c2ccc(Br)s2)n1. The topological polar surface area (TPSA) is 71.8 Å². The van der Waals surface area contributed by atoms with Gasteiger partial charge in [0.15, 0.2) is 5.82 Å². The van der Waals surface area contributed by atoms with Crippen LogP contribution in [0.15, 0.2) is 26.8 Å². The van der Waals surface area contributed by atoms with E-state index in [0.717, 1.165) is 14.4 Å².